The highest BCUT2D eigenvalue weighted by atomic mass is 35.5. The number of nitrogens with zero attached hydrogens (tertiary/aromatic N) is 1. The van der Waals surface area contributed by atoms with Crippen molar-refractivity contribution in [3.05, 3.63) is 52.2 Å². The van der Waals surface area contributed by atoms with Gasteiger partial charge < -0.3 is 10.5 Å². The van der Waals surface area contributed by atoms with Gasteiger partial charge in [0.2, 0.25) is 5.88 Å². The van der Waals surface area contributed by atoms with Crippen molar-refractivity contribution in [3.8, 4) is 11.6 Å². The summed E-state index contributed by atoms with van der Waals surface area (Å²) in [6.45, 7) is 4.33. The fraction of sp³-hybridized carbons (Fsp3) is 0.214. The van der Waals surface area contributed by atoms with Gasteiger partial charge in [0.25, 0.3) is 0 Å². The van der Waals surface area contributed by atoms with Gasteiger partial charge >= 0.3 is 0 Å². The number of benzene rings is 1. The van der Waals surface area contributed by atoms with Gasteiger partial charge in [0.05, 0.1) is 0 Å². The number of halogens is 1. The van der Waals surface area contributed by atoms with E-state index in [1.807, 2.05) is 38.1 Å². The van der Waals surface area contributed by atoms with E-state index in [-0.39, 0.29) is 0 Å². The number of nitrogens with two attached hydrogens (primary N) is 1. The number of hydrogen-bond donors (Lipinski definition) is 1. The molecule has 0 aliphatic rings. The maximum Gasteiger partial charge on any atom is 0.223 e. The van der Waals surface area contributed by atoms with Gasteiger partial charge in [-0.3, -0.25) is 0 Å². The fourth-order valence-electron chi connectivity index (χ4n) is 1.69. The van der Waals surface area contributed by atoms with Crippen molar-refractivity contribution < 1.29 is 4.74 Å². The summed E-state index contributed by atoms with van der Waals surface area (Å²) >= 11 is 5.98. The Labute approximate surface area is 112 Å². The first kappa shape index (κ1) is 12.9. The molecule has 1 heterocycles. The first-order chi connectivity index (χ1) is 8.61. The topological polar surface area (TPSA) is 48.1 Å². The molecule has 0 atom stereocenters. The number of pyridine rings is 1. The minimum absolute atomic E-state index is 0.404. The molecule has 0 saturated carbocycles. The van der Waals surface area contributed by atoms with Gasteiger partial charge in [-0.25, -0.2) is 4.98 Å². The van der Waals surface area contributed by atoms with E-state index in [9.17, 15) is 0 Å². The molecule has 0 bridgehead atoms. The molecule has 0 unspecified atom stereocenters. The molecule has 0 aliphatic heterocycles. The molecule has 18 heavy (non-hydrogen) atoms. The van der Waals surface area contributed by atoms with Gasteiger partial charge in [0.15, 0.2) is 0 Å². The van der Waals surface area contributed by atoms with Gasteiger partial charge in [0.1, 0.15) is 5.75 Å². The average Bonchev–Trinajstić information content (AvgIpc) is 2.34. The normalized spacial score (nSPS) is 10.4. The van der Waals surface area contributed by atoms with E-state index in [4.69, 9.17) is 22.1 Å². The Morgan fingerprint density at radius 1 is 1.22 bits per heavy atom. The number of aryl methyl sites for hydroxylation is 2. The lowest BCUT2D eigenvalue weighted by Gasteiger charge is -2.11. The van der Waals surface area contributed by atoms with Gasteiger partial charge in [-0.15, -0.1) is 0 Å². The lowest BCUT2D eigenvalue weighted by molar-refractivity contribution is 0.455. The number of hydrogen-bond acceptors (Lipinski definition) is 3. The highest BCUT2D eigenvalue weighted by Crippen LogP contribution is 2.27. The molecule has 0 fully saturated rings. The third-order valence-corrected chi connectivity index (χ3v) is 3.22. The van der Waals surface area contributed by atoms with E-state index in [2.05, 4.69) is 4.98 Å². The van der Waals surface area contributed by atoms with Crippen LogP contribution in [0.4, 0.5) is 0 Å². The Balaban J connectivity index is 2.34. The Kier molecular flexibility index (Phi) is 3.84. The zero-order valence-corrected chi connectivity index (χ0v) is 11.2. The van der Waals surface area contributed by atoms with Crippen molar-refractivity contribution in [2.45, 2.75) is 20.4 Å². The van der Waals surface area contributed by atoms with Gasteiger partial charge in [-0.2, -0.15) is 0 Å². The van der Waals surface area contributed by atoms with Gasteiger partial charge in [0, 0.05) is 23.3 Å². The first-order valence-corrected chi connectivity index (χ1v) is 6.08. The third kappa shape index (κ3) is 2.63. The second-order valence-electron chi connectivity index (χ2n) is 4.13. The minimum Gasteiger partial charge on any atom is -0.439 e. The summed E-state index contributed by atoms with van der Waals surface area (Å²) in [5, 5.41) is 0.721. The molecule has 0 saturated heterocycles. The molecule has 4 heteroatoms. The van der Waals surface area contributed by atoms with E-state index in [1.165, 1.54) is 0 Å². The lowest BCUT2D eigenvalue weighted by Crippen LogP contribution is -2.03. The molecule has 1 aromatic heterocycles. The van der Waals surface area contributed by atoms with Crippen LogP contribution in [-0.2, 0) is 6.54 Å². The first-order valence-electron chi connectivity index (χ1n) is 5.70. The van der Waals surface area contributed by atoms with Crippen molar-refractivity contribution in [2.75, 3.05) is 0 Å². The van der Waals surface area contributed by atoms with Crippen LogP contribution in [-0.4, -0.2) is 4.98 Å². The van der Waals surface area contributed by atoms with Crippen molar-refractivity contribution >= 4 is 11.6 Å². The van der Waals surface area contributed by atoms with Crippen molar-refractivity contribution in [2.24, 2.45) is 5.73 Å². The van der Waals surface area contributed by atoms with Crippen LogP contribution in [0.15, 0.2) is 30.5 Å². The van der Waals surface area contributed by atoms with E-state index < -0.39 is 0 Å². The minimum atomic E-state index is 0.404. The monoisotopic (exact) mass is 262 g/mol. The van der Waals surface area contributed by atoms with Crippen LogP contribution in [0.2, 0.25) is 5.02 Å². The predicted octanol–water partition coefficient (Wildman–Crippen LogP) is 3.60. The molecule has 2 N–H and O–H groups in total. The van der Waals surface area contributed by atoms with Crippen LogP contribution in [0.5, 0.6) is 11.6 Å². The Bertz CT molecular complexity index is 570. The van der Waals surface area contributed by atoms with Crippen LogP contribution in [0.1, 0.15) is 16.7 Å². The lowest BCUT2D eigenvalue weighted by atomic mass is 10.1. The summed E-state index contributed by atoms with van der Waals surface area (Å²) < 4.78 is 5.77. The van der Waals surface area contributed by atoms with Crippen molar-refractivity contribution in [1.82, 2.24) is 4.98 Å². The van der Waals surface area contributed by atoms with Crippen LogP contribution >= 0.6 is 11.6 Å². The third-order valence-electron chi connectivity index (χ3n) is 2.80. The van der Waals surface area contributed by atoms with Crippen LogP contribution in [0, 0.1) is 13.8 Å². The molecule has 2 rings (SSSR count). The van der Waals surface area contributed by atoms with Crippen LogP contribution in [0.25, 0.3) is 0 Å². The molecule has 94 valence electrons. The van der Waals surface area contributed by atoms with Crippen molar-refractivity contribution in [3.63, 3.8) is 0 Å². The zero-order chi connectivity index (χ0) is 13.1. The smallest absolute Gasteiger partial charge is 0.223 e. The molecule has 0 aliphatic carbocycles. The summed E-state index contributed by atoms with van der Waals surface area (Å²) in [4.78, 5) is 4.22. The largest absolute Gasteiger partial charge is 0.439 e. The summed E-state index contributed by atoms with van der Waals surface area (Å²) in [5.74, 6) is 1.27. The fourth-order valence-corrected chi connectivity index (χ4v) is 1.81. The number of ether oxygens (including phenoxy) is 1. The van der Waals surface area contributed by atoms with Crippen LogP contribution < -0.4 is 10.5 Å². The van der Waals surface area contributed by atoms with Gasteiger partial charge in [-0.1, -0.05) is 11.6 Å². The second-order valence-corrected chi connectivity index (χ2v) is 4.54. The second kappa shape index (κ2) is 5.38. The quantitative estimate of drug-likeness (QED) is 0.919. The molecule has 0 spiro atoms. The average molecular weight is 263 g/mol. The van der Waals surface area contributed by atoms with E-state index in [0.29, 0.717) is 18.2 Å². The summed E-state index contributed by atoms with van der Waals surface area (Å²) in [6, 6.07) is 7.43. The molecule has 2 aromatic rings. The predicted molar refractivity (Wildman–Crippen MR) is 73.1 cm³/mol. The van der Waals surface area contributed by atoms with Crippen molar-refractivity contribution in [1.29, 1.82) is 0 Å². The zero-order valence-electron chi connectivity index (χ0n) is 10.4. The van der Waals surface area contributed by atoms with Gasteiger partial charge in [-0.05, 0) is 49.2 Å². The maximum atomic E-state index is 5.98. The van der Waals surface area contributed by atoms with E-state index >= 15 is 0 Å². The molecular weight excluding hydrogens is 248 g/mol. The molecular formula is C14H15ClN2O. The summed E-state index contributed by atoms with van der Waals surface area (Å²) in [6.07, 6.45) is 1.71. The number of rotatable bonds is 3. The Hall–Kier alpha value is -1.58. The number of aromatic nitrogens is 1. The molecule has 0 amide bonds. The van der Waals surface area contributed by atoms with Crippen LogP contribution in [0.3, 0.4) is 0 Å². The van der Waals surface area contributed by atoms with E-state index in [0.717, 1.165) is 21.7 Å². The Morgan fingerprint density at radius 2 is 2.00 bits per heavy atom. The summed E-state index contributed by atoms with van der Waals surface area (Å²) in [5.41, 5.74) is 8.69. The highest BCUT2D eigenvalue weighted by Gasteiger charge is 2.08. The standard InChI is InChI=1S/C14H15ClN2O/c1-9-5-6-17-14(12(9)8-16)18-11-3-4-13(15)10(2)7-11/h3-7H,8,16H2,1-2H3. The molecule has 1 aromatic carbocycles. The van der Waals surface area contributed by atoms with E-state index in [1.54, 1.807) is 6.20 Å². The summed E-state index contributed by atoms with van der Waals surface area (Å²) in [7, 11) is 0. The molecule has 3 nitrogen and oxygen atoms in total. The Morgan fingerprint density at radius 3 is 2.67 bits per heavy atom. The SMILES string of the molecule is Cc1cc(Oc2nccc(C)c2CN)ccc1Cl. The molecule has 0 radical (unpaired) electrons. The highest BCUT2D eigenvalue weighted by molar-refractivity contribution is 6.31. The maximum absolute atomic E-state index is 5.98.